The van der Waals surface area contributed by atoms with E-state index in [-0.39, 0.29) is 0 Å². The summed E-state index contributed by atoms with van der Waals surface area (Å²) in [6, 6.07) is 0. The van der Waals surface area contributed by atoms with E-state index in [1.165, 1.54) is 5.44 Å². The van der Waals surface area contributed by atoms with Crippen molar-refractivity contribution in [2.75, 3.05) is 13.2 Å². The molecule has 0 bridgehead atoms. The third kappa shape index (κ3) is 4.23. The SMILES string of the molecule is C=C/C=C(\NCC)PC. The molecule has 9 heavy (non-hydrogen) atoms. The predicted molar refractivity (Wildman–Crippen MR) is 46.2 cm³/mol. The van der Waals surface area contributed by atoms with Crippen molar-refractivity contribution in [3.63, 3.8) is 0 Å². The van der Waals surface area contributed by atoms with Gasteiger partial charge in [0.25, 0.3) is 0 Å². The molecule has 0 rings (SSSR count). The average Bonchev–Trinajstić information content (AvgIpc) is 1.88. The fourth-order valence-electron chi connectivity index (χ4n) is 0.539. The summed E-state index contributed by atoms with van der Waals surface area (Å²) in [4.78, 5) is 0. The second kappa shape index (κ2) is 5.84. The summed E-state index contributed by atoms with van der Waals surface area (Å²) in [5.74, 6) is 0. The Bertz CT molecular complexity index is 107. The molecule has 0 amide bonds. The Hall–Kier alpha value is -0.290. The van der Waals surface area contributed by atoms with Crippen LogP contribution in [0.5, 0.6) is 0 Å². The van der Waals surface area contributed by atoms with Crippen LogP contribution in [0.4, 0.5) is 0 Å². The Kier molecular flexibility index (Phi) is 5.65. The summed E-state index contributed by atoms with van der Waals surface area (Å²) in [6.45, 7) is 8.86. The van der Waals surface area contributed by atoms with Gasteiger partial charge in [0.15, 0.2) is 0 Å². The van der Waals surface area contributed by atoms with E-state index in [1.54, 1.807) is 0 Å². The third-order valence-corrected chi connectivity index (χ3v) is 1.80. The van der Waals surface area contributed by atoms with Gasteiger partial charge in [0.1, 0.15) is 0 Å². The van der Waals surface area contributed by atoms with E-state index in [2.05, 4.69) is 25.5 Å². The van der Waals surface area contributed by atoms with Gasteiger partial charge in [-0.1, -0.05) is 21.2 Å². The normalized spacial score (nSPS) is 12.4. The summed E-state index contributed by atoms with van der Waals surface area (Å²) in [6.07, 6.45) is 3.83. The molecule has 0 saturated carbocycles. The van der Waals surface area contributed by atoms with Gasteiger partial charge < -0.3 is 5.32 Å². The van der Waals surface area contributed by atoms with Crippen LogP contribution in [0.1, 0.15) is 6.92 Å². The number of hydrogen-bond acceptors (Lipinski definition) is 1. The van der Waals surface area contributed by atoms with Crippen molar-refractivity contribution in [3.05, 3.63) is 24.2 Å². The molecule has 0 aliphatic heterocycles. The summed E-state index contributed by atoms with van der Waals surface area (Å²) in [5.41, 5.74) is 1.28. The Labute approximate surface area is 59.0 Å². The summed E-state index contributed by atoms with van der Waals surface area (Å²) < 4.78 is 0. The highest BCUT2D eigenvalue weighted by Crippen LogP contribution is 2.14. The van der Waals surface area contributed by atoms with Crippen LogP contribution in [0, 0.1) is 0 Å². The van der Waals surface area contributed by atoms with Crippen LogP contribution in [0.3, 0.4) is 0 Å². The summed E-state index contributed by atoms with van der Waals surface area (Å²) in [5, 5.41) is 3.24. The number of allylic oxidation sites excluding steroid dienone is 2. The lowest BCUT2D eigenvalue weighted by Gasteiger charge is -2.03. The maximum absolute atomic E-state index is 3.62. The minimum atomic E-state index is 0.841. The van der Waals surface area contributed by atoms with Gasteiger partial charge in [0.05, 0.1) is 0 Å². The zero-order valence-electron chi connectivity index (χ0n) is 6.07. The molecular weight excluding hydrogens is 129 g/mol. The molecule has 0 aliphatic carbocycles. The predicted octanol–water partition coefficient (Wildman–Crippen LogP) is 1.93. The van der Waals surface area contributed by atoms with Gasteiger partial charge in [0, 0.05) is 12.0 Å². The van der Waals surface area contributed by atoms with Gasteiger partial charge in [-0.25, -0.2) is 0 Å². The van der Waals surface area contributed by atoms with E-state index < -0.39 is 0 Å². The lowest BCUT2D eigenvalue weighted by atomic mass is 10.6. The maximum atomic E-state index is 3.62. The van der Waals surface area contributed by atoms with Crippen molar-refractivity contribution < 1.29 is 0 Å². The second-order valence-corrected chi connectivity index (χ2v) is 2.64. The molecule has 0 aromatic rings. The van der Waals surface area contributed by atoms with Crippen molar-refractivity contribution in [2.45, 2.75) is 6.92 Å². The summed E-state index contributed by atoms with van der Waals surface area (Å²) >= 11 is 0. The van der Waals surface area contributed by atoms with Crippen LogP contribution < -0.4 is 5.32 Å². The van der Waals surface area contributed by atoms with Crippen LogP contribution in [0.15, 0.2) is 24.2 Å². The standard InChI is InChI=1S/C7H14NP/c1-4-6-7(9-3)8-5-2/h4,6,8-9H,1,5H2,2-3H3/b7-6+. The molecule has 0 aliphatic rings. The van der Waals surface area contributed by atoms with Crippen LogP contribution in [-0.2, 0) is 0 Å². The van der Waals surface area contributed by atoms with Gasteiger partial charge in [-0.15, -0.1) is 0 Å². The molecular formula is C7H14NP. The molecule has 0 radical (unpaired) electrons. The Morgan fingerprint density at radius 2 is 2.44 bits per heavy atom. The van der Waals surface area contributed by atoms with E-state index in [0.717, 1.165) is 15.1 Å². The average molecular weight is 143 g/mol. The largest absolute Gasteiger partial charge is 0.385 e. The Balaban J connectivity index is 3.66. The number of rotatable bonds is 4. The van der Waals surface area contributed by atoms with Crippen molar-refractivity contribution >= 4 is 8.58 Å². The molecule has 0 aromatic heterocycles. The van der Waals surface area contributed by atoms with Crippen LogP contribution in [0.2, 0.25) is 0 Å². The quantitative estimate of drug-likeness (QED) is 0.468. The van der Waals surface area contributed by atoms with E-state index in [9.17, 15) is 0 Å². The van der Waals surface area contributed by atoms with Crippen molar-refractivity contribution in [1.29, 1.82) is 0 Å². The first kappa shape index (κ1) is 8.71. The van der Waals surface area contributed by atoms with Crippen molar-refractivity contribution in [3.8, 4) is 0 Å². The van der Waals surface area contributed by atoms with Gasteiger partial charge in [-0.05, 0) is 19.7 Å². The number of nitrogens with one attached hydrogen (secondary N) is 1. The first-order chi connectivity index (χ1) is 4.35. The van der Waals surface area contributed by atoms with E-state index in [1.807, 2.05) is 12.2 Å². The molecule has 0 aromatic carbocycles. The lowest BCUT2D eigenvalue weighted by Crippen LogP contribution is -2.07. The monoisotopic (exact) mass is 143 g/mol. The molecule has 52 valence electrons. The van der Waals surface area contributed by atoms with Gasteiger partial charge >= 0.3 is 0 Å². The molecule has 1 atom stereocenters. The van der Waals surface area contributed by atoms with Crippen LogP contribution in [-0.4, -0.2) is 13.2 Å². The minimum absolute atomic E-state index is 0.841. The first-order valence-electron chi connectivity index (χ1n) is 3.09. The van der Waals surface area contributed by atoms with Crippen molar-refractivity contribution in [2.24, 2.45) is 0 Å². The minimum Gasteiger partial charge on any atom is -0.385 e. The topological polar surface area (TPSA) is 12.0 Å². The third-order valence-electron chi connectivity index (χ3n) is 0.921. The molecule has 1 unspecified atom stereocenters. The van der Waals surface area contributed by atoms with E-state index in [4.69, 9.17) is 0 Å². The molecule has 0 spiro atoms. The fraction of sp³-hybridized carbons (Fsp3) is 0.429. The molecule has 0 heterocycles. The highest BCUT2D eigenvalue weighted by Gasteiger charge is 1.84. The van der Waals surface area contributed by atoms with Gasteiger partial charge in [0.2, 0.25) is 0 Å². The van der Waals surface area contributed by atoms with Crippen LogP contribution >= 0.6 is 8.58 Å². The Morgan fingerprint density at radius 3 is 2.78 bits per heavy atom. The number of hydrogen-bond donors (Lipinski definition) is 1. The van der Waals surface area contributed by atoms with E-state index in [0.29, 0.717) is 0 Å². The second-order valence-electron chi connectivity index (χ2n) is 1.60. The Morgan fingerprint density at radius 1 is 1.78 bits per heavy atom. The smallest absolute Gasteiger partial charge is 0.0309 e. The molecule has 0 fully saturated rings. The van der Waals surface area contributed by atoms with Gasteiger partial charge in [-0.3, -0.25) is 0 Å². The highest BCUT2D eigenvalue weighted by molar-refractivity contribution is 7.42. The zero-order valence-corrected chi connectivity index (χ0v) is 7.07. The maximum Gasteiger partial charge on any atom is 0.0309 e. The highest BCUT2D eigenvalue weighted by atomic mass is 31.1. The van der Waals surface area contributed by atoms with E-state index >= 15 is 0 Å². The molecule has 2 heteroatoms. The molecule has 1 N–H and O–H groups in total. The fourth-order valence-corrected chi connectivity index (χ4v) is 1.18. The zero-order chi connectivity index (χ0) is 7.11. The summed E-state index contributed by atoms with van der Waals surface area (Å²) in [7, 11) is 0.841. The first-order valence-corrected chi connectivity index (χ1v) is 4.59. The molecule has 0 saturated heterocycles. The van der Waals surface area contributed by atoms with Crippen molar-refractivity contribution in [1.82, 2.24) is 5.32 Å². The molecule has 1 nitrogen and oxygen atoms in total. The lowest BCUT2D eigenvalue weighted by molar-refractivity contribution is 0.903. The van der Waals surface area contributed by atoms with Crippen LogP contribution in [0.25, 0.3) is 0 Å². The van der Waals surface area contributed by atoms with Gasteiger partial charge in [-0.2, -0.15) is 0 Å².